The number of para-hydroxylation sites is 1. The smallest absolute Gasteiger partial charge is 0.258 e. The van der Waals surface area contributed by atoms with E-state index in [-0.39, 0.29) is 11.6 Å². The number of quaternary nitrogens is 1. The van der Waals surface area contributed by atoms with Crippen LogP contribution in [0, 0.1) is 6.92 Å². The average molecular weight is 408 g/mol. The molecule has 1 atom stereocenters. The Kier molecular flexibility index (Phi) is 5.37. The van der Waals surface area contributed by atoms with Crippen LogP contribution in [0.3, 0.4) is 0 Å². The number of nitrogens with one attached hydrogen (secondary N) is 2. The normalized spacial score (nSPS) is 19.9. The van der Waals surface area contributed by atoms with Crippen molar-refractivity contribution in [2.45, 2.75) is 70.4 Å². The first-order valence-corrected chi connectivity index (χ1v) is 11.5. The first-order chi connectivity index (χ1) is 14.7. The van der Waals surface area contributed by atoms with E-state index < -0.39 is 0 Å². The van der Waals surface area contributed by atoms with Crippen LogP contribution >= 0.6 is 0 Å². The summed E-state index contributed by atoms with van der Waals surface area (Å²) in [5.41, 5.74) is 2.78. The maximum absolute atomic E-state index is 13.3. The van der Waals surface area contributed by atoms with Gasteiger partial charge in [-0.1, -0.05) is 37.5 Å². The van der Waals surface area contributed by atoms with Crippen molar-refractivity contribution in [2.24, 2.45) is 0 Å². The number of benzene rings is 1. The lowest BCUT2D eigenvalue weighted by atomic mass is 9.94. The molecule has 0 radical (unpaired) electrons. The van der Waals surface area contributed by atoms with E-state index in [9.17, 15) is 4.79 Å². The Morgan fingerprint density at radius 3 is 2.67 bits per heavy atom. The number of H-pyrrole nitrogens is 1. The Bertz CT molecular complexity index is 1070. The van der Waals surface area contributed by atoms with Gasteiger partial charge < -0.3 is 9.88 Å². The van der Waals surface area contributed by atoms with Crippen LogP contribution in [0.1, 0.15) is 80.4 Å². The number of fused-ring (bicyclic) bond motifs is 1. The van der Waals surface area contributed by atoms with Gasteiger partial charge in [-0.2, -0.15) is 0 Å². The highest BCUT2D eigenvalue weighted by atomic mass is 16.1. The highest BCUT2D eigenvalue weighted by Gasteiger charge is 2.36. The third-order valence-corrected chi connectivity index (χ3v) is 7.03. The van der Waals surface area contributed by atoms with E-state index in [2.05, 4.69) is 38.7 Å². The van der Waals surface area contributed by atoms with Gasteiger partial charge in [0.05, 0.1) is 30.2 Å². The zero-order valence-electron chi connectivity index (χ0n) is 17.7. The molecule has 1 aromatic carbocycles. The predicted molar refractivity (Wildman–Crippen MR) is 116 cm³/mol. The first kappa shape index (κ1) is 19.4. The van der Waals surface area contributed by atoms with Gasteiger partial charge in [-0.15, -0.1) is 5.10 Å². The van der Waals surface area contributed by atoms with Gasteiger partial charge in [0.2, 0.25) is 5.82 Å². The Labute approximate surface area is 176 Å². The van der Waals surface area contributed by atoms with Crippen LogP contribution in [0.2, 0.25) is 0 Å². The molecule has 1 saturated heterocycles. The molecule has 5 rings (SSSR count). The standard InChI is InChI=1S/C23H30N6O/c1-16-9-8-10-17-15-19(23(30)24-20(16)17)21(28-13-6-3-7-14-28)22-25-26-27-29(22)18-11-4-2-5-12-18/h8-10,15,18,21H,2-7,11-14H2,1H3,(H,24,30)/p+1/t21-/m1/s1. The van der Waals surface area contributed by atoms with Gasteiger partial charge in [-0.25, -0.2) is 4.68 Å². The van der Waals surface area contributed by atoms with Crippen molar-refractivity contribution >= 4 is 10.9 Å². The summed E-state index contributed by atoms with van der Waals surface area (Å²) in [4.78, 5) is 17.9. The van der Waals surface area contributed by atoms with Crippen LogP contribution in [0.15, 0.2) is 29.1 Å². The number of pyridine rings is 1. The molecule has 2 N–H and O–H groups in total. The molecule has 2 fully saturated rings. The third kappa shape index (κ3) is 3.55. The van der Waals surface area contributed by atoms with Gasteiger partial charge in [0.1, 0.15) is 0 Å². The van der Waals surface area contributed by atoms with Gasteiger partial charge in [-0.3, -0.25) is 4.79 Å². The van der Waals surface area contributed by atoms with Gasteiger partial charge >= 0.3 is 0 Å². The highest BCUT2D eigenvalue weighted by molar-refractivity contribution is 5.82. The Hall–Kier alpha value is -2.54. The van der Waals surface area contributed by atoms with Crippen molar-refractivity contribution in [2.75, 3.05) is 13.1 Å². The predicted octanol–water partition coefficient (Wildman–Crippen LogP) is 2.49. The van der Waals surface area contributed by atoms with Gasteiger partial charge in [0, 0.05) is 0 Å². The largest absolute Gasteiger partial charge is 0.322 e. The molecular weight excluding hydrogens is 376 g/mol. The fourth-order valence-electron chi connectivity index (χ4n) is 5.43. The van der Waals surface area contributed by atoms with Gasteiger partial charge in [-0.05, 0) is 66.5 Å². The number of aromatic amines is 1. The fraction of sp³-hybridized carbons (Fsp3) is 0.565. The summed E-state index contributed by atoms with van der Waals surface area (Å²) in [6, 6.07) is 8.46. The number of likely N-dealkylation sites (tertiary alicyclic amines) is 1. The molecule has 2 aromatic heterocycles. The van der Waals surface area contributed by atoms with Gasteiger partial charge in [0.25, 0.3) is 5.56 Å². The molecule has 3 heterocycles. The van der Waals surface area contributed by atoms with E-state index in [4.69, 9.17) is 0 Å². The molecule has 158 valence electrons. The first-order valence-electron chi connectivity index (χ1n) is 11.5. The van der Waals surface area contributed by atoms with Crippen molar-refractivity contribution in [3.05, 3.63) is 51.6 Å². The zero-order valence-corrected chi connectivity index (χ0v) is 17.7. The van der Waals surface area contributed by atoms with E-state index >= 15 is 0 Å². The summed E-state index contributed by atoms with van der Waals surface area (Å²) >= 11 is 0. The molecule has 2 aliphatic rings. The Balaban J connectivity index is 1.64. The lowest BCUT2D eigenvalue weighted by Gasteiger charge is -2.32. The maximum atomic E-state index is 13.3. The second-order valence-corrected chi connectivity index (χ2v) is 9.02. The van der Waals surface area contributed by atoms with Crippen molar-refractivity contribution < 1.29 is 4.90 Å². The summed E-state index contributed by atoms with van der Waals surface area (Å²) < 4.78 is 2.05. The molecule has 7 heteroatoms. The number of aromatic nitrogens is 5. The summed E-state index contributed by atoms with van der Waals surface area (Å²) in [5, 5.41) is 14.1. The van der Waals surface area contributed by atoms with Crippen molar-refractivity contribution in [3.8, 4) is 0 Å². The summed E-state index contributed by atoms with van der Waals surface area (Å²) in [6.45, 7) is 4.13. The SMILES string of the molecule is Cc1cccc2cc([C@H](c3nnnn3C3CCCCC3)[NH+]3CCCCC3)c(=O)[nH]c12. The number of rotatable bonds is 4. The van der Waals surface area contributed by atoms with Crippen molar-refractivity contribution in [3.63, 3.8) is 0 Å². The molecule has 0 unspecified atom stereocenters. The minimum atomic E-state index is -0.129. The lowest BCUT2D eigenvalue weighted by molar-refractivity contribution is -0.931. The topological polar surface area (TPSA) is 80.9 Å². The van der Waals surface area contributed by atoms with E-state index in [0.29, 0.717) is 6.04 Å². The molecule has 30 heavy (non-hydrogen) atoms. The van der Waals surface area contributed by atoms with Gasteiger partial charge in [0.15, 0.2) is 6.04 Å². The molecule has 0 amide bonds. The third-order valence-electron chi connectivity index (χ3n) is 7.03. The summed E-state index contributed by atoms with van der Waals surface area (Å²) in [5.74, 6) is 0.858. The second kappa shape index (κ2) is 8.30. The van der Waals surface area contributed by atoms with Crippen molar-refractivity contribution in [1.29, 1.82) is 0 Å². The monoisotopic (exact) mass is 407 g/mol. The number of nitrogens with zero attached hydrogens (tertiary/aromatic N) is 4. The van der Waals surface area contributed by atoms with Crippen LogP contribution in [-0.4, -0.2) is 38.3 Å². The molecule has 0 spiro atoms. The number of piperidine rings is 1. The fourth-order valence-corrected chi connectivity index (χ4v) is 5.43. The molecule has 1 aliphatic heterocycles. The van der Waals surface area contributed by atoms with Crippen LogP contribution in [0.25, 0.3) is 10.9 Å². The highest BCUT2D eigenvalue weighted by Crippen LogP contribution is 2.30. The molecular formula is C23H31N6O+. The van der Waals surface area contributed by atoms with Crippen LogP contribution in [0.5, 0.6) is 0 Å². The number of hydrogen-bond donors (Lipinski definition) is 2. The quantitative estimate of drug-likeness (QED) is 0.696. The van der Waals surface area contributed by atoms with Crippen molar-refractivity contribution in [1.82, 2.24) is 25.2 Å². The van der Waals surface area contributed by atoms with Crippen LogP contribution in [-0.2, 0) is 0 Å². The van der Waals surface area contributed by atoms with Crippen LogP contribution < -0.4 is 10.5 Å². The van der Waals surface area contributed by atoms with E-state index in [1.165, 1.54) is 43.4 Å². The number of aryl methyl sites for hydroxylation is 1. The second-order valence-electron chi connectivity index (χ2n) is 9.02. The molecule has 0 bridgehead atoms. The average Bonchev–Trinajstić information content (AvgIpc) is 3.26. The van der Waals surface area contributed by atoms with E-state index in [1.54, 1.807) is 0 Å². The molecule has 3 aromatic rings. The summed E-state index contributed by atoms with van der Waals surface area (Å²) in [6.07, 6.45) is 9.60. The Morgan fingerprint density at radius 1 is 1.10 bits per heavy atom. The molecule has 1 aliphatic carbocycles. The number of tetrazole rings is 1. The van der Waals surface area contributed by atoms with E-state index in [0.717, 1.165) is 53.8 Å². The minimum Gasteiger partial charge on any atom is -0.322 e. The Morgan fingerprint density at radius 2 is 1.87 bits per heavy atom. The van der Waals surface area contributed by atoms with Crippen LogP contribution in [0.4, 0.5) is 0 Å². The molecule has 1 saturated carbocycles. The maximum Gasteiger partial charge on any atom is 0.258 e. The van der Waals surface area contributed by atoms with E-state index in [1.807, 2.05) is 17.7 Å². The number of hydrogen-bond acceptors (Lipinski definition) is 4. The molecule has 7 nitrogen and oxygen atoms in total. The zero-order chi connectivity index (χ0) is 20.5. The minimum absolute atomic E-state index is 0.0157. The summed E-state index contributed by atoms with van der Waals surface area (Å²) in [7, 11) is 0. The lowest BCUT2D eigenvalue weighted by Crippen LogP contribution is -3.13.